The van der Waals surface area contributed by atoms with Crippen molar-refractivity contribution in [3.63, 3.8) is 0 Å². The highest BCUT2D eigenvalue weighted by molar-refractivity contribution is 5.84. The first kappa shape index (κ1) is 10.9. The van der Waals surface area contributed by atoms with Gasteiger partial charge in [-0.05, 0) is 31.9 Å². The van der Waals surface area contributed by atoms with E-state index in [9.17, 15) is 0 Å². The monoisotopic (exact) mass is 163 g/mol. The third-order valence-corrected chi connectivity index (χ3v) is 1.30. The summed E-state index contributed by atoms with van der Waals surface area (Å²) < 4.78 is 0. The van der Waals surface area contributed by atoms with Gasteiger partial charge in [0.1, 0.15) is 0 Å². The minimum Gasteiger partial charge on any atom is -0.290 e. The van der Waals surface area contributed by atoms with Crippen molar-refractivity contribution in [1.82, 2.24) is 0 Å². The van der Waals surface area contributed by atoms with Gasteiger partial charge in [0.05, 0.1) is 0 Å². The maximum Gasteiger partial charge on any atom is 0.0443 e. The van der Waals surface area contributed by atoms with E-state index in [0.717, 1.165) is 11.1 Å². The number of aliphatic imine (C=N–C) groups is 1. The second-order valence-corrected chi connectivity index (χ2v) is 3.01. The van der Waals surface area contributed by atoms with E-state index >= 15 is 0 Å². The highest BCUT2D eigenvalue weighted by Crippen LogP contribution is 2.04. The van der Waals surface area contributed by atoms with Crippen LogP contribution in [0.4, 0.5) is 0 Å². The fraction of sp³-hybridized carbons (Fsp3) is 0.364. The van der Waals surface area contributed by atoms with Crippen molar-refractivity contribution < 1.29 is 0 Å². The van der Waals surface area contributed by atoms with Gasteiger partial charge in [-0.1, -0.05) is 25.3 Å². The molecular weight excluding hydrogens is 146 g/mol. The van der Waals surface area contributed by atoms with Crippen LogP contribution >= 0.6 is 0 Å². The van der Waals surface area contributed by atoms with Crippen LogP contribution in [0, 0.1) is 0 Å². The minimum atomic E-state index is 0.331. The van der Waals surface area contributed by atoms with E-state index in [0.29, 0.717) is 6.04 Å². The molecule has 0 unspecified atom stereocenters. The van der Waals surface area contributed by atoms with Crippen LogP contribution < -0.4 is 0 Å². The van der Waals surface area contributed by atoms with Gasteiger partial charge in [-0.3, -0.25) is 4.99 Å². The molecule has 0 aliphatic carbocycles. The Morgan fingerprint density at radius 2 is 2.00 bits per heavy atom. The lowest BCUT2D eigenvalue weighted by molar-refractivity contribution is 0.841. The predicted molar refractivity (Wildman–Crippen MR) is 56.7 cm³/mol. The zero-order valence-corrected chi connectivity index (χ0v) is 8.17. The Morgan fingerprint density at radius 1 is 1.42 bits per heavy atom. The van der Waals surface area contributed by atoms with Crippen LogP contribution in [0.5, 0.6) is 0 Å². The van der Waals surface area contributed by atoms with E-state index in [4.69, 9.17) is 0 Å². The first-order chi connectivity index (χ1) is 5.57. The molecule has 0 aliphatic rings. The molecule has 0 bridgehead atoms. The smallest absolute Gasteiger partial charge is 0.0443 e. The second-order valence-electron chi connectivity index (χ2n) is 3.01. The third-order valence-electron chi connectivity index (χ3n) is 1.30. The van der Waals surface area contributed by atoms with Crippen molar-refractivity contribution in [3.8, 4) is 0 Å². The average Bonchev–Trinajstić information content (AvgIpc) is 1.96. The van der Waals surface area contributed by atoms with E-state index in [1.54, 1.807) is 6.08 Å². The summed E-state index contributed by atoms with van der Waals surface area (Å²) in [6.45, 7) is 13.5. The van der Waals surface area contributed by atoms with Crippen molar-refractivity contribution in [2.45, 2.75) is 26.8 Å². The molecule has 0 atom stereocenters. The molecule has 0 saturated carbocycles. The van der Waals surface area contributed by atoms with Crippen molar-refractivity contribution in [3.05, 3.63) is 36.5 Å². The SMILES string of the molecule is C=C/C=C(/C=NC(C)C)C(=C)C. The normalized spacial score (nSPS) is 12.5. The predicted octanol–water partition coefficient (Wildman–Crippen LogP) is 3.15. The minimum absolute atomic E-state index is 0.331. The molecule has 0 amide bonds. The van der Waals surface area contributed by atoms with Gasteiger partial charge in [0, 0.05) is 12.3 Å². The third kappa shape index (κ3) is 4.67. The first-order valence-electron chi connectivity index (χ1n) is 4.09. The first-order valence-corrected chi connectivity index (χ1v) is 4.09. The van der Waals surface area contributed by atoms with Crippen molar-refractivity contribution in [1.29, 1.82) is 0 Å². The Morgan fingerprint density at radius 3 is 2.33 bits per heavy atom. The number of allylic oxidation sites excluding steroid dienone is 4. The van der Waals surface area contributed by atoms with Crippen molar-refractivity contribution >= 4 is 6.21 Å². The quantitative estimate of drug-likeness (QED) is 0.446. The van der Waals surface area contributed by atoms with Gasteiger partial charge in [0.25, 0.3) is 0 Å². The van der Waals surface area contributed by atoms with Gasteiger partial charge in [-0.25, -0.2) is 0 Å². The Hall–Kier alpha value is -1.11. The molecule has 0 saturated heterocycles. The fourth-order valence-corrected chi connectivity index (χ4v) is 0.652. The topological polar surface area (TPSA) is 12.4 Å². The number of hydrogen-bond donors (Lipinski definition) is 0. The summed E-state index contributed by atoms with van der Waals surface area (Å²) in [7, 11) is 0. The maximum atomic E-state index is 4.26. The summed E-state index contributed by atoms with van der Waals surface area (Å²) >= 11 is 0. The van der Waals surface area contributed by atoms with Gasteiger partial charge >= 0.3 is 0 Å². The van der Waals surface area contributed by atoms with E-state index in [-0.39, 0.29) is 0 Å². The summed E-state index contributed by atoms with van der Waals surface area (Å²) in [6.07, 6.45) is 5.50. The van der Waals surface area contributed by atoms with E-state index in [2.05, 4.69) is 18.2 Å². The number of rotatable bonds is 4. The van der Waals surface area contributed by atoms with Crippen LogP contribution in [-0.4, -0.2) is 12.3 Å². The molecule has 0 fully saturated rings. The van der Waals surface area contributed by atoms with Crippen LogP contribution in [0.2, 0.25) is 0 Å². The molecule has 0 spiro atoms. The molecule has 0 rings (SSSR count). The number of hydrogen-bond acceptors (Lipinski definition) is 1. The molecule has 1 heteroatoms. The molecule has 66 valence electrons. The van der Waals surface area contributed by atoms with Gasteiger partial charge in [-0.2, -0.15) is 0 Å². The lowest BCUT2D eigenvalue weighted by Gasteiger charge is -1.99. The Kier molecular flexibility index (Phi) is 5.02. The Balaban J connectivity index is 4.45. The Labute approximate surface area is 75.2 Å². The van der Waals surface area contributed by atoms with Crippen LogP contribution in [0.25, 0.3) is 0 Å². The molecule has 12 heavy (non-hydrogen) atoms. The summed E-state index contributed by atoms with van der Waals surface area (Å²) in [5.41, 5.74) is 2.05. The van der Waals surface area contributed by atoms with Crippen molar-refractivity contribution in [2.75, 3.05) is 0 Å². The van der Waals surface area contributed by atoms with Crippen LogP contribution in [-0.2, 0) is 0 Å². The van der Waals surface area contributed by atoms with Gasteiger partial charge in [-0.15, -0.1) is 0 Å². The molecule has 0 aliphatic heterocycles. The maximum absolute atomic E-state index is 4.26. The fourth-order valence-electron chi connectivity index (χ4n) is 0.652. The number of nitrogens with zero attached hydrogens (tertiary/aromatic N) is 1. The Bertz CT molecular complexity index is 219. The molecular formula is C11H17N. The standard InChI is InChI=1S/C11H17N/c1-6-7-11(9(2)3)8-12-10(4)5/h6-8,10H,1-2H2,3-5H3/b11-7-,12-8?. The lowest BCUT2D eigenvalue weighted by Crippen LogP contribution is -1.92. The zero-order valence-electron chi connectivity index (χ0n) is 8.17. The van der Waals surface area contributed by atoms with Crippen LogP contribution in [0.3, 0.4) is 0 Å². The molecule has 0 aromatic rings. The zero-order chi connectivity index (χ0) is 9.56. The summed E-state index contributed by atoms with van der Waals surface area (Å²) in [4.78, 5) is 4.26. The van der Waals surface area contributed by atoms with E-state index in [1.807, 2.05) is 33.1 Å². The average molecular weight is 163 g/mol. The van der Waals surface area contributed by atoms with Gasteiger partial charge < -0.3 is 0 Å². The summed E-state index contributed by atoms with van der Waals surface area (Å²) in [6, 6.07) is 0.331. The molecule has 1 nitrogen and oxygen atoms in total. The van der Waals surface area contributed by atoms with E-state index in [1.165, 1.54) is 0 Å². The van der Waals surface area contributed by atoms with Gasteiger partial charge in [0.2, 0.25) is 0 Å². The van der Waals surface area contributed by atoms with Crippen LogP contribution in [0.15, 0.2) is 41.4 Å². The summed E-state index contributed by atoms with van der Waals surface area (Å²) in [5, 5.41) is 0. The highest BCUT2D eigenvalue weighted by Gasteiger charge is 1.92. The highest BCUT2D eigenvalue weighted by atomic mass is 14.7. The molecule has 0 radical (unpaired) electrons. The molecule has 0 aromatic carbocycles. The van der Waals surface area contributed by atoms with Crippen molar-refractivity contribution in [2.24, 2.45) is 4.99 Å². The lowest BCUT2D eigenvalue weighted by atomic mass is 10.1. The second kappa shape index (κ2) is 5.53. The summed E-state index contributed by atoms with van der Waals surface area (Å²) in [5.74, 6) is 0. The molecule has 0 heterocycles. The molecule has 0 N–H and O–H groups in total. The van der Waals surface area contributed by atoms with Gasteiger partial charge in [0.15, 0.2) is 0 Å². The van der Waals surface area contributed by atoms with Crippen LogP contribution in [0.1, 0.15) is 20.8 Å². The molecule has 0 aromatic heterocycles. The van der Waals surface area contributed by atoms with E-state index < -0.39 is 0 Å². The largest absolute Gasteiger partial charge is 0.290 e.